The maximum Gasteiger partial charge on any atom is 0.319 e. The number of anilines is 1. The quantitative estimate of drug-likeness (QED) is 0.918. The summed E-state index contributed by atoms with van der Waals surface area (Å²) in [7, 11) is 3.58. The van der Waals surface area contributed by atoms with Crippen molar-refractivity contribution in [3.8, 4) is 0 Å². The van der Waals surface area contributed by atoms with Crippen LogP contribution in [0, 0.1) is 5.92 Å². The molecule has 3 heterocycles. The van der Waals surface area contributed by atoms with Crippen LogP contribution < -0.4 is 5.32 Å². The number of hydrogen-bond donors (Lipinski definition) is 1. The van der Waals surface area contributed by atoms with Crippen LogP contribution in [-0.4, -0.2) is 73.0 Å². The first-order valence-corrected chi connectivity index (χ1v) is 8.58. The molecule has 2 atom stereocenters. The molecule has 2 bridgehead atoms. The highest BCUT2D eigenvalue weighted by Crippen LogP contribution is 2.28. The van der Waals surface area contributed by atoms with Crippen LogP contribution in [0.25, 0.3) is 0 Å². The van der Waals surface area contributed by atoms with Crippen molar-refractivity contribution in [3.05, 3.63) is 30.3 Å². The third-order valence-electron chi connectivity index (χ3n) is 4.88. The number of rotatable bonds is 3. The molecule has 6 heteroatoms. The van der Waals surface area contributed by atoms with Gasteiger partial charge in [0.05, 0.1) is 6.54 Å². The smallest absolute Gasteiger partial charge is 0.319 e. The number of carbonyl (C=O) groups is 2. The molecule has 3 amide bonds. The number of fused-ring (bicyclic) bond motifs is 4. The van der Waals surface area contributed by atoms with Gasteiger partial charge in [0.15, 0.2) is 0 Å². The molecule has 24 heavy (non-hydrogen) atoms. The summed E-state index contributed by atoms with van der Waals surface area (Å²) in [6, 6.07) is 9.88. The van der Waals surface area contributed by atoms with E-state index in [4.69, 9.17) is 0 Å². The third-order valence-corrected chi connectivity index (χ3v) is 4.88. The standard InChI is InChI=1S/C18H26N4O2/c1-20(2)18(24)22-11-14-8-9-16(12-22)21(10-14)13-17(23)19-15-6-4-3-5-7-15/h3-7,14,16H,8-13H2,1-2H3,(H,19,23)/t14-,16-/m0/s1. The van der Waals surface area contributed by atoms with E-state index in [0.717, 1.165) is 31.6 Å². The molecular weight excluding hydrogens is 304 g/mol. The largest absolute Gasteiger partial charge is 0.331 e. The summed E-state index contributed by atoms with van der Waals surface area (Å²) in [6.45, 7) is 2.79. The van der Waals surface area contributed by atoms with E-state index in [1.54, 1.807) is 19.0 Å². The first-order chi connectivity index (χ1) is 11.5. The zero-order valence-electron chi connectivity index (χ0n) is 14.4. The normalized spacial score (nSPS) is 23.7. The first kappa shape index (κ1) is 16.8. The summed E-state index contributed by atoms with van der Waals surface area (Å²) in [6.07, 6.45) is 2.19. The third kappa shape index (κ3) is 3.87. The van der Waals surface area contributed by atoms with E-state index in [2.05, 4.69) is 10.2 Å². The molecule has 0 aromatic heterocycles. The van der Waals surface area contributed by atoms with Crippen LogP contribution in [0.5, 0.6) is 0 Å². The molecule has 1 aromatic rings. The molecule has 3 fully saturated rings. The van der Waals surface area contributed by atoms with Crippen molar-refractivity contribution in [2.24, 2.45) is 5.92 Å². The van der Waals surface area contributed by atoms with Crippen molar-refractivity contribution >= 4 is 17.6 Å². The molecule has 0 saturated carbocycles. The van der Waals surface area contributed by atoms with Gasteiger partial charge in [0.2, 0.25) is 5.91 Å². The predicted molar refractivity (Wildman–Crippen MR) is 93.8 cm³/mol. The summed E-state index contributed by atoms with van der Waals surface area (Å²) in [5, 5.41) is 2.95. The van der Waals surface area contributed by atoms with Gasteiger partial charge >= 0.3 is 6.03 Å². The van der Waals surface area contributed by atoms with Crippen molar-refractivity contribution < 1.29 is 9.59 Å². The maximum absolute atomic E-state index is 12.4. The maximum atomic E-state index is 12.4. The summed E-state index contributed by atoms with van der Waals surface area (Å²) < 4.78 is 0. The van der Waals surface area contributed by atoms with Gasteiger partial charge in [-0.25, -0.2) is 4.79 Å². The van der Waals surface area contributed by atoms with E-state index in [-0.39, 0.29) is 18.0 Å². The molecule has 1 N–H and O–H groups in total. The van der Waals surface area contributed by atoms with Gasteiger partial charge in [0, 0.05) is 45.5 Å². The summed E-state index contributed by atoms with van der Waals surface area (Å²) in [5.41, 5.74) is 0.826. The fourth-order valence-corrected chi connectivity index (χ4v) is 3.72. The second-order valence-electron chi connectivity index (χ2n) is 7.02. The lowest BCUT2D eigenvalue weighted by Crippen LogP contribution is -2.48. The first-order valence-electron chi connectivity index (χ1n) is 8.58. The average Bonchev–Trinajstić information content (AvgIpc) is 2.86. The van der Waals surface area contributed by atoms with Gasteiger partial charge in [-0.1, -0.05) is 18.2 Å². The number of amides is 3. The van der Waals surface area contributed by atoms with E-state index in [0.29, 0.717) is 19.0 Å². The van der Waals surface area contributed by atoms with Crippen LogP contribution in [-0.2, 0) is 4.79 Å². The Morgan fingerprint density at radius 1 is 1.12 bits per heavy atom. The number of urea groups is 1. The number of nitrogens with one attached hydrogen (secondary N) is 1. The molecule has 0 spiro atoms. The lowest BCUT2D eigenvalue weighted by atomic mass is 9.95. The zero-order valence-corrected chi connectivity index (χ0v) is 14.4. The second kappa shape index (κ2) is 7.21. The minimum atomic E-state index is 0.0132. The Morgan fingerprint density at radius 2 is 1.88 bits per heavy atom. The Labute approximate surface area is 143 Å². The highest BCUT2D eigenvalue weighted by molar-refractivity contribution is 5.92. The number of hydrogen-bond acceptors (Lipinski definition) is 3. The van der Waals surface area contributed by atoms with Gasteiger partial charge in [-0.15, -0.1) is 0 Å². The van der Waals surface area contributed by atoms with Crippen molar-refractivity contribution in [2.45, 2.75) is 18.9 Å². The minimum absolute atomic E-state index is 0.0132. The average molecular weight is 330 g/mol. The van der Waals surface area contributed by atoms with E-state index in [1.165, 1.54) is 0 Å². The number of benzene rings is 1. The molecule has 3 aliphatic heterocycles. The summed E-state index contributed by atoms with van der Waals surface area (Å²) >= 11 is 0. The molecular formula is C18H26N4O2. The van der Waals surface area contributed by atoms with E-state index < -0.39 is 0 Å². The van der Waals surface area contributed by atoms with E-state index in [9.17, 15) is 9.59 Å². The Kier molecular flexibility index (Phi) is 5.04. The van der Waals surface area contributed by atoms with Gasteiger partial charge < -0.3 is 15.1 Å². The number of piperidine rings is 1. The van der Waals surface area contributed by atoms with Crippen molar-refractivity contribution in [2.75, 3.05) is 45.6 Å². The molecule has 6 nitrogen and oxygen atoms in total. The van der Waals surface area contributed by atoms with Crippen LogP contribution in [0.1, 0.15) is 12.8 Å². The zero-order chi connectivity index (χ0) is 17.1. The molecule has 1 aromatic carbocycles. The van der Waals surface area contributed by atoms with Crippen molar-refractivity contribution in [1.29, 1.82) is 0 Å². The minimum Gasteiger partial charge on any atom is -0.331 e. The van der Waals surface area contributed by atoms with Gasteiger partial charge in [0.25, 0.3) is 0 Å². The van der Waals surface area contributed by atoms with Crippen LogP contribution in [0.15, 0.2) is 30.3 Å². The van der Waals surface area contributed by atoms with Gasteiger partial charge in [-0.3, -0.25) is 9.69 Å². The van der Waals surface area contributed by atoms with Crippen LogP contribution in [0.3, 0.4) is 0 Å². The lowest BCUT2D eigenvalue weighted by molar-refractivity contribution is -0.118. The molecule has 0 unspecified atom stereocenters. The Hall–Kier alpha value is -2.08. The Morgan fingerprint density at radius 3 is 2.58 bits per heavy atom. The van der Waals surface area contributed by atoms with E-state index in [1.807, 2.05) is 35.2 Å². The fourth-order valence-electron chi connectivity index (χ4n) is 3.72. The highest BCUT2D eigenvalue weighted by Gasteiger charge is 2.37. The van der Waals surface area contributed by atoms with Crippen molar-refractivity contribution in [3.63, 3.8) is 0 Å². The molecule has 130 valence electrons. The number of carbonyl (C=O) groups excluding carboxylic acids is 2. The summed E-state index contributed by atoms with van der Waals surface area (Å²) in [4.78, 5) is 30.5. The number of para-hydroxylation sites is 1. The van der Waals surface area contributed by atoms with E-state index >= 15 is 0 Å². The summed E-state index contributed by atoms with van der Waals surface area (Å²) in [5.74, 6) is 0.469. The highest BCUT2D eigenvalue weighted by atomic mass is 16.2. The Bertz CT molecular complexity index is 590. The van der Waals surface area contributed by atoms with Gasteiger partial charge in [-0.05, 0) is 30.9 Å². The molecule has 0 aliphatic carbocycles. The predicted octanol–water partition coefficient (Wildman–Crippen LogP) is 1.70. The molecule has 0 radical (unpaired) electrons. The SMILES string of the molecule is CN(C)C(=O)N1C[C@H]2CC[C@@H](C1)N(CC(=O)Nc1ccccc1)C2. The van der Waals surface area contributed by atoms with Crippen molar-refractivity contribution in [1.82, 2.24) is 14.7 Å². The second-order valence-corrected chi connectivity index (χ2v) is 7.02. The van der Waals surface area contributed by atoms with Crippen LogP contribution in [0.4, 0.5) is 10.5 Å². The molecule has 3 saturated heterocycles. The van der Waals surface area contributed by atoms with Gasteiger partial charge in [0.1, 0.15) is 0 Å². The molecule has 4 rings (SSSR count). The van der Waals surface area contributed by atoms with Crippen LogP contribution >= 0.6 is 0 Å². The van der Waals surface area contributed by atoms with Crippen LogP contribution in [0.2, 0.25) is 0 Å². The number of nitrogens with zero attached hydrogens (tertiary/aromatic N) is 3. The lowest BCUT2D eigenvalue weighted by Gasteiger charge is -2.35. The monoisotopic (exact) mass is 330 g/mol. The topological polar surface area (TPSA) is 55.9 Å². The molecule has 3 aliphatic rings. The Balaban J connectivity index is 1.61. The van der Waals surface area contributed by atoms with Gasteiger partial charge in [-0.2, -0.15) is 0 Å². The fraction of sp³-hybridized carbons (Fsp3) is 0.556.